The summed E-state index contributed by atoms with van der Waals surface area (Å²) in [5.74, 6) is 0.200. The van der Waals surface area contributed by atoms with Crippen LogP contribution in [-0.2, 0) is 17.8 Å². The number of aryl methyl sites for hydroxylation is 2. The van der Waals surface area contributed by atoms with Gasteiger partial charge in [-0.3, -0.25) is 9.48 Å². The summed E-state index contributed by atoms with van der Waals surface area (Å²) in [5.41, 5.74) is 4.36. The first-order chi connectivity index (χ1) is 13.5. The minimum atomic E-state index is 0.105. The van der Waals surface area contributed by atoms with E-state index in [4.69, 9.17) is 5.26 Å². The van der Waals surface area contributed by atoms with E-state index in [-0.39, 0.29) is 11.9 Å². The Labute approximate surface area is 167 Å². The summed E-state index contributed by atoms with van der Waals surface area (Å²) in [6.45, 7) is 7.14. The summed E-state index contributed by atoms with van der Waals surface area (Å²) in [6, 6.07) is 12.6. The molecule has 0 aliphatic carbocycles. The molecule has 1 aromatic heterocycles. The molecule has 2 heterocycles. The van der Waals surface area contributed by atoms with Gasteiger partial charge in [-0.25, -0.2) is 0 Å². The maximum Gasteiger partial charge on any atom is 0.223 e. The molecule has 3 rings (SSSR count). The van der Waals surface area contributed by atoms with E-state index in [9.17, 15) is 4.79 Å². The van der Waals surface area contributed by atoms with E-state index in [2.05, 4.69) is 35.2 Å². The van der Waals surface area contributed by atoms with E-state index in [0.29, 0.717) is 25.8 Å². The van der Waals surface area contributed by atoms with Crippen molar-refractivity contribution in [2.45, 2.75) is 45.7 Å². The smallest absolute Gasteiger partial charge is 0.223 e. The predicted molar refractivity (Wildman–Crippen MR) is 109 cm³/mol. The summed E-state index contributed by atoms with van der Waals surface area (Å²) in [4.78, 5) is 17.4. The van der Waals surface area contributed by atoms with E-state index in [0.717, 1.165) is 36.6 Å². The molecule has 0 radical (unpaired) electrons. The van der Waals surface area contributed by atoms with Crippen molar-refractivity contribution < 1.29 is 4.79 Å². The molecule has 1 aromatic carbocycles. The maximum absolute atomic E-state index is 13.1. The first-order valence-electron chi connectivity index (χ1n) is 9.94. The van der Waals surface area contributed by atoms with Crippen LogP contribution in [0, 0.1) is 25.2 Å². The lowest BCUT2D eigenvalue weighted by Gasteiger charge is -2.40. The zero-order valence-electron chi connectivity index (χ0n) is 17.1. The number of rotatable bonds is 6. The van der Waals surface area contributed by atoms with Crippen LogP contribution in [0.5, 0.6) is 0 Å². The Morgan fingerprint density at radius 1 is 1.25 bits per heavy atom. The van der Waals surface area contributed by atoms with E-state index in [1.165, 1.54) is 5.56 Å². The first kappa shape index (κ1) is 20.1. The van der Waals surface area contributed by atoms with Gasteiger partial charge in [-0.2, -0.15) is 10.4 Å². The zero-order valence-corrected chi connectivity index (χ0v) is 17.1. The molecule has 2 aromatic rings. The van der Waals surface area contributed by atoms with Gasteiger partial charge in [-0.05, 0) is 38.4 Å². The number of aromatic nitrogens is 2. The summed E-state index contributed by atoms with van der Waals surface area (Å²) >= 11 is 0. The molecule has 28 heavy (non-hydrogen) atoms. The van der Waals surface area contributed by atoms with Crippen molar-refractivity contribution in [2.75, 3.05) is 26.7 Å². The van der Waals surface area contributed by atoms with Gasteiger partial charge in [0, 0.05) is 31.7 Å². The van der Waals surface area contributed by atoms with Gasteiger partial charge < -0.3 is 9.80 Å². The fraction of sp³-hybridized carbons (Fsp3) is 0.500. The molecule has 1 atom stereocenters. The Morgan fingerprint density at radius 3 is 2.71 bits per heavy atom. The Hall–Kier alpha value is -2.65. The molecule has 148 valence electrons. The van der Waals surface area contributed by atoms with Crippen molar-refractivity contribution in [2.24, 2.45) is 0 Å². The second kappa shape index (κ2) is 9.03. The van der Waals surface area contributed by atoms with Gasteiger partial charge in [0.2, 0.25) is 5.91 Å². The highest BCUT2D eigenvalue weighted by molar-refractivity contribution is 5.77. The summed E-state index contributed by atoms with van der Waals surface area (Å²) in [6.07, 6.45) is 1.62. The maximum atomic E-state index is 13.1. The third kappa shape index (κ3) is 4.42. The fourth-order valence-electron chi connectivity index (χ4n) is 4.02. The van der Waals surface area contributed by atoms with Gasteiger partial charge >= 0.3 is 0 Å². The van der Waals surface area contributed by atoms with Crippen LogP contribution in [0.15, 0.2) is 30.3 Å². The first-order valence-corrected chi connectivity index (χ1v) is 9.94. The molecule has 6 nitrogen and oxygen atoms in total. The number of carbonyl (C=O) groups excluding carboxylic acids is 1. The van der Waals surface area contributed by atoms with Gasteiger partial charge in [-0.1, -0.05) is 30.3 Å². The molecule has 1 saturated heterocycles. The zero-order chi connectivity index (χ0) is 20.1. The van der Waals surface area contributed by atoms with Crippen LogP contribution in [0.4, 0.5) is 0 Å². The number of benzene rings is 1. The van der Waals surface area contributed by atoms with Crippen molar-refractivity contribution in [3.05, 3.63) is 52.8 Å². The van der Waals surface area contributed by atoms with Crippen molar-refractivity contribution in [3.8, 4) is 6.07 Å². The van der Waals surface area contributed by atoms with E-state index in [1.54, 1.807) is 0 Å². The second-order valence-electron chi connectivity index (χ2n) is 7.56. The number of amides is 1. The molecular formula is C22H29N5O. The lowest BCUT2D eigenvalue weighted by atomic mass is 10.0. The third-order valence-corrected chi connectivity index (χ3v) is 5.64. The van der Waals surface area contributed by atoms with E-state index < -0.39 is 0 Å². The summed E-state index contributed by atoms with van der Waals surface area (Å²) in [5, 5.41) is 13.4. The van der Waals surface area contributed by atoms with Crippen LogP contribution >= 0.6 is 0 Å². The second-order valence-corrected chi connectivity index (χ2v) is 7.56. The Balaban J connectivity index is 1.70. The molecular weight excluding hydrogens is 350 g/mol. The molecule has 1 fully saturated rings. The number of nitrogens with zero attached hydrogens (tertiary/aromatic N) is 5. The van der Waals surface area contributed by atoms with Crippen LogP contribution in [0.25, 0.3) is 0 Å². The van der Waals surface area contributed by atoms with Crippen molar-refractivity contribution in [1.29, 1.82) is 5.26 Å². The number of hydrogen-bond acceptors (Lipinski definition) is 4. The van der Waals surface area contributed by atoms with Crippen LogP contribution < -0.4 is 0 Å². The minimum Gasteiger partial charge on any atom is -0.333 e. The molecule has 1 amide bonds. The van der Waals surface area contributed by atoms with Crippen molar-refractivity contribution in [1.82, 2.24) is 19.6 Å². The fourth-order valence-corrected chi connectivity index (χ4v) is 4.02. The normalized spacial score (nSPS) is 17.5. The number of likely N-dealkylation sites (N-methyl/N-ethyl adjacent to an activating group) is 1. The number of nitriles is 1. The standard InChI is InChI=1S/C22H29N5O/c1-17-20(18(2)27(24-17)13-7-12-23)10-11-22(28)26-15-14-25(3)16-21(26)19-8-5-4-6-9-19/h4-6,8-9,21H,7,10-11,13-16H2,1-3H3/t21-/m0/s1. The summed E-state index contributed by atoms with van der Waals surface area (Å²) in [7, 11) is 2.11. The average molecular weight is 380 g/mol. The van der Waals surface area contributed by atoms with Crippen molar-refractivity contribution >= 4 is 5.91 Å². The Bertz CT molecular complexity index is 852. The van der Waals surface area contributed by atoms with Gasteiger partial charge in [-0.15, -0.1) is 0 Å². The molecule has 6 heteroatoms. The highest BCUT2D eigenvalue weighted by Crippen LogP contribution is 2.26. The molecule has 0 saturated carbocycles. The minimum absolute atomic E-state index is 0.105. The van der Waals surface area contributed by atoms with Gasteiger partial charge in [0.1, 0.15) is 0 Å². The highest BCUT2D eigenvalue weighted by atomic mass is 16.2. The monoisotopic (exact) mass is 379 g/mol. The lowest BCUT2D eigenvalue weighted by molar-refractivity contribution is -0.136. The predicted octanol–water partition coefficient (Wildman–Crippen LogP) is 2.86. The van der Waals surface area contributed by atoms with E-state index in [1.807, 2.05) is 41.6 Å². The molecule has 0 bridgehead atoms. The van der Waals surface area contributed by atoms with Crippen LogP contribution in [0.1, 0.15) is 41.4 Å². The van der Waals surface area contributed by atoms with Gasteiger partial charge in [0.25, 0.3) is 0 Å². The quantitative estimate of drug-likeness (QED) is 0.774. The molecule has 0 unspecified atom stereocenters. The average Bonchev–Trinajstić information content (AvgIpc) is 2.98. The van der Waals surface area contributed by atoms with Crippen LogP contribution in [-0.4, -0.2) is 52.2 Å². The Morgan fingerprint density at radius 2 is 2.00 bits per heavy atom. The highest BCUT2D eigenvalue weighted by Gasteiger charge is 2.30. The van der Waals surface area contributed by atoms with E-state index >= 15 is 0 Å². The topological polar surface area (TPSA) is 65.2 Å². The van der Waals surface area contributed by atoms with Crippen LogP contribution in [0.2, 0.25) is 0 Å². The number of hydrogen-bond donors (Lipinski definition) is 0. The molecule has 0 N–H and O–H groups in total. The Kier molecular flexibility index (Phi) is 6.48. The lowest BCUT2D eigenvalue weighted by Crippen LogP contribution is -2.49. The summed E-state index contributed by atoms with van der Waals surface area (Å²) < 4.78 is 1.89. The molecule has 0 spiro atoms. The molecule has 1 aliphatic rings. The SMILES string of the molecule is Cc1nn(CCC#N)c(C)c1CCC(=O)N1CCN(C)C[C@H]1c1ccccc1. The number of carbonyl (C=O) groups is 1. The van der Waals surface area contributed by atoms with Gasteiger partial charge in [0.15, 0.2) is 0 Å². The van der Waals surface area contributed by atoms with Crippen molar-refractivity contribution in [3.63, 3.8) is 0 Å². The largest absolute Gasteiger partial charge is 0.333 e. The van der Waals surface area contributed by atoms with Crippen LogP contribution in [0.3, 0.4) is 0 Å². The number of piperazine rings is 1. The molecule has 1 aliphatic heterocycles. The third-order valence-electron chi connectivity index (χ3n) is 5.64. The van der Waals surface area contributed by atoms with Gasteiger partial charge in [0.05, 0.1) is 30.8 Å².